The van der Waals surface area contributed by atoms with Crippen molar-refractivity contribution in [3.05, 3.63) is 65.7 Å². The molecule has 0 unspecified atom stereocenters. The van der Waals surface area contributed by atoms with Crippen LogP contribution in [0.25, 0.3) is 0 Å². The van der Waals surface area contributed by atoms with Crippen molar-refractivity contribution in [3.63, 3.8) is 0 Å². The molecule has 0 aromatic heterocycles. The molecule has 0 radical (unpaired) electrons. The van der Waals surface area contributed by atoms with Crippen LogP contribution in [-0.2, 0) is 11.2 Å². The van der Waals surface area contributed by atoms with Gasteiger partial charge in [-0.05, 0) is 56.2 Å². The lowest BCUT2D eigenvalue weighted by molar-refractivity contribution is -0.120. The van der Waals surface area contributed by atoms with E-state index in [4.69, 9.17) is 4.74 Å². The van der Waals surface area contributed by atoms with Gasteiger partial charge >= 0.3 is 0 Å². The summed E-state index contributed by atoms with van der Waals surface area (Å²) >= 11 is 0. The number of rotatable bonds is 5. The first-order chi connectivity index (χ1) is 10.9. The minimum Gasteiger partial charge on any atom is -0.488 e. The fraction of sp³-hybridized carbons (Fsp3) is 0.263. The summed E-state index contributed by atoms with van der Waals surface area (Å²) in [5.74, 6) is 0.669. The number of carbonyl (C=O) groups excluding carboxylic acids is 1. The Morgan fingerprint density at radius 2 is 1.74 bits per heavy atom. The molecule has 1 N–H and O–H groups in total. The largest absolute Gasteiger partial charge is 0.488 e. The van der Waals surface area contributed by atoms with Gasteiger partial charge in [0.05, 0.1) is 12.6 Å². The zero-order valence-corrected chi connectivity index (χ0v) is 13.7. The number of carbonyl (C=O) groups is 1. The maximum atomic E-state index is 11.8. The molecule has 2 aromatic carbocycles. The number of amides is 1. The molecule has 0 saturated carbocycles. The molecule has 0 aliphatic heterocycles. The summed E-state index contributed by atoms with van der Waals surface area (Å²) in [6.45, 7) is 6.01. The lowest BCUT2D eigenvalue weighted by Gasteiger charge is -2.21. The smallest absolute Gasteiger partial charge is 0.244 e. The van der Waals surface area contributed by atoms with Crippen LogP contribution in [0.3, 0.4) is 0 Å². The number of hydrogen-bond acceptors (Lipinski definition) is 3. The zero-order valence-electron chi connectivity index (χ0n) is 13.7. The van der Waals surface area contributed by atoms with Gasteiger partial charge in [-0.25, -0.2) is 5.43 Å². The number of nitrogens with one attached hydrogen (secondary N) is 1. The van der Waals surface area contributed by atoms with Crippen molar-refractivity contribution >= 4 is 12.1 Å². The molecule has 0 bridgehead atoms. The standard InChI is InChI=1S/C19H22N2O2/c1-19(2,3)23-17-11-9-16(10-12-17)14-20-21-18(22)13-15-7-5-4-6-8-15/h4-12,14H,13H2,1-3H3,(H,21,22)/b20-14-. The lowest BCUT2D eigenvalue weighted by Crippen LogP contribution is -2.22. The Morgan fingerprint density at radius 1 is 1.09 bits per heavy atom. The van der Waals surface area contributed by atoms with Gasteiger partial charge in [-0.3, -0.25) is 4.79 Å². The summed E-state index contributed by atoms with van der Waals surface area (Å²) in [5, 5.41) is 3.98. The summed E-state index contributed by atoms with van der Waals surface area (Å²) < 4.78 is 5.75. The van der Waals surface area contributed by atoms with E-state index in [9.17, 15) is 4.79 Å². The fourth-order valence-corrected chi connectivity index (χ4v) is 1.98. The van der Waals surface area contributed by atoms with Gasteiger partial charge in [0, 0.05) is 0 Å². The SMILES string of the molecule is CC(C)(C)Oc1ccc(/C=N\NC(=O)Cc2ccccc2)cc1. The second-order valence-electron chi connectivity index (χ2n) is 6.24. The van der Waals surface area contributed by atoms with Crippen LogP contribution in [0.4, 0.5) is 0 Å². The third-order valence-corrected chi connectivity index (χ3v) is 2.91. The molecule has 0 spiro atoms. The van der Waals surface area contributed by atoms with Crippen LogP contribution in [0.2, 0.25) is 0 Å². The minimum atomic E-state index is -0.221. The van der Waals surface area contributed by atoms with Crippen molar-refractivity contribution in [2.75, 3.05) is 0 Å². The Bertz CT molecular complexity index is 656. The second-order valence-corrected chi connectivity index (χ2v) is 6.24. The summed E-state index contributed by atoms with van der Waals surface area (Å²) in [7, 11) is 0. The fourth-order valence-electron chi connectivity index (χ4n) is 1.98. The molecule has 4 heteroatoms. The first-order valence-electron chi connectivity index (χ1n) is 7.57. The summed E-state index contributed by atoms with van der Waals surface area (Å²) in [6, 6.07) is 17.1. The van der Waals surface area contributed by atoms with Gasteiger partial charge in [-0.15, -0.1) is 0 Å². The summed E-state index contributed by atoms with van der Waals surface area (Å²) in [4.78, 5) is 11.8. The number of ether oxygens (including phenoxy) is 1. The van der Waals surface area contributed by atoms with E-state index in [1.54, 1.807) is 6.21 Å². The molecule has 0 atom stereocenters. The normalized spacial score (nSPS) is 11.4. The lowest BCUT2D eigenvalue weighted by atomic mass is 10.1. The number of hydrogen-bond donors (Lipinski definition) is 1. The molecular formula is C19H22N2O2. The third kappa shape index (κ3) is 6.34. The Hall–Kier alpha value is -2.62. The Balaban J connectivity index is 1.84. The van der Waals surface area contributed by atoms with Crippen LogP contribution in [0, 0.1) is 0 Å². The van der Waals surface area contributed by atoms with Gasteiger partial charge < -0.3 is 4.74 Å². The third-order valence-electron chi connectivity index (χ3n) is 2.91. The van der Waals surface area contributed by atoms with E-state index in [-0.39, 0.29) is 11.5 Å². The van der Waals surface area contributed by atoms with Gasteiger partial charge in [-0.1, -0.05) is 30.3 Å². The number of benzene rings is 2. The summed E-state index contributed by atoms with van der Waals surface area (Å²) in [6.07, 6.45) is 1.93. The quantitative estimate of drug-likeness (QED) is 0.678. The second kappa shape index (κ2) is 7.58. The van der Waals surface area contributed by atoms with Crippen LogP contribution in [-0.4, -0.2) is 17.7 Å². The Labute approximate surface area is 137 Å². The van der Waals surface area contributed by atoms with Crippen molar-refractivity contribution in [1.82, 2.24) is 5.43 Å². The number of nitrogens with zero attached hydrogens (tertiary/aromatic N) is 1. The monoisotopic (exact) mass is 310 g/mol. The average molecular weight is 310 g/mol. The molecule has 0 heterocycles. The number of hydrazone groups is 1. The minimum absolute atomic E-state index is 0.139. The van der Waals surface area contributed by atoms with Crippen LogP contribution in [0.1, 0.15) is 31.9 Å². The predicted octanol–water partition coefficient (Wildman–Crippen LogP) is 3.56. The van der Waals surface area contributed by atoms with Crippen molar-refractivity contribution in [1.29, 1.82) is 0 Å². The van der Waals surface area contributed by atoms with Gasteiger partial charge in [-0.2, -0.15) is 5.10 Å². The van der Waals surface area contributed by atoms with Crippen LogP contribution in [0.5, 0.6) is 5.75 Å². The van der Waals surface area contributed by atoms with E-state index in [0.717, 1.165) is 16.9 Å². The molecule has 23 heavy (non-hydrogen) atoms. The molecule has 120 valence electrons. The zero-order chi connectivity index (χ0) is 16.7. The molecule has 4 nitrogen and oxygen atoms in total. The highest BCUT2D eigenvalue weighted by atomic mass is 16.5. The summed E-state index contributed by atoms with van der Waals surface area (Å²) in [5.41, 5.74) is 4.17. The van der Waals surface area contributed by atoms with E-state index < -0.39 is 0 Å². The van der Waals surface area contributed by atoms with Crippen LogP contribution < -0.4 is 10.2 Å². The maximum absolute atomic E-state index is 11.8. The highest BCUT2D eigenvalue weighted by Gasteiger charge is 2.11. The van der Waals surface area contributed by atoms with Gasteiger partial charge in [0.2, 0.25) is 5.91 Å². The topological polar surface area (TPSA) is 50.7 Å². The Kier molecular flexibility index (Phi) is 5.52. The van der Waals surface area contributed by atoms with Crippen LogP contribution in [0.15, 0.2) is 59.7 Å². The van der Waals surface area contributed by atoms with Crippen molar-refractivity contribution in [2.24, 2.45) is 5.10 Å². The molecule has 2 aromatic rings. The van der Waals surface area contributed by atoms with Gasteiger partial charge in [0.15, 0.2) is 0 Å². The first-order valence-corrected chi connectivity index (χ1v) is 7.57. The van der Waals surface area contributed by atoms with Crippen molar-refractivity contribution in [3.8, 4) is 5.75 Å². The predicted molar refractivity (Wildman–Crippen MR) is 92.7 cm³/mol. The van der Waals surface area contributed by atoms with E-state index in [2.05, 4.69) is 10.5 Å². The van der Waals surface area contributed by atoms with E-state index in [1.165, 1.54) is 0 Å². The molecular weight excluding hydrogens is 288 g/mol. The molecule has 0 saturated heterocycles. The average Bonchev–Trinajstić information content (AvgIpc) is 2.48. The Morgan fingerprint density at radius 3 is 2.35 bits per heavy atom. The van der Waals surface area contributed by atoms with Crippen LogP contribution >= 0.6 is 0 Å². The molecule has 0 fully saturated rings. The molecule has 0 aliphatic rings. The van der Waals surface area contributed by atoms with E-state index >= 15 is 0 Å². The molecule has 1 amide bonds. The first kappa shape index (κ1) is 16.7. The maximum Gasteiger partial charge on any atom is 0.244 e. The highest BCUT2D eigenvalue weighted by Crippen LogP contribution is 2.17. The van der Waals surface area contributed by atoms with Crippen molar-refractivity contribution < 1.29 is 9.53 Å². The highest BCUT2D eigenvalue weighted by molar-refractivity contribution is 5.83. The van der Waals surface area contributed by atoms with Crippen molar-refractivity contribution in [2.45, 2.75) is 32.8 Å². The van der Waals surface area contributed by atoms with Gasteiger partial charge in [0.1, 0.15) is 11.4 Å². The van der Waals surface area contributed by atoms with Gasteiger partial charge in [0.25, 0.3) is 0 Å². The van der Waals surface area contributed by atoms with E-state index in [1.807, 2.05) is 75.4 Å². The molecule has 2 rings (SSSR count). The van der Waals surface area contributed by atoms with E-state index in [0.29, 0.717) is 6.42 Å². The molecule has 0 aliphatic carbocycles.